The summed E-state index contributed by atoms with van der Waals surface area (Å²) in [6.45, 7) is 3.91. The van der Waals surface area contributed by atoms with Crippen LogP contribution in [0.25, 0.3) is 0 Å². The molecule has 1 saturated heterocycles. The van der Waals surface area contributed by atoms with Gasteiger partial charge in [-0.2, -0.15) is 0 Å². The molecule has 0 saturated carbocycles. The van der Waals surface area contributed by atoms with Crippen LogP contribution in [0.5, 0.6) is 0 Å². The monoisotopic (exact) mass is 318 g/mol. The van der Waals surface area contributed by atoms with Gasteiger partial charge in [0.2, 0.25) is 11.8 Å². The Labute approximate surface area is 135 Å². The van der Waals surface area contributed by atoms with Gasteiger partial charge in [-0.3, -0.25) is 9.59 Å². The number of nitrogens with zero attached hydrogens (tertiary/aromatic N) is 1. The Morgan fingerprint density at radius 2 is 2.14 bits per heavy atom. The maximum atomic E-state index is 12.5. The maximum absolute atomic E-state index is 12.5. The first-order chi connectivity index (χ1) is 10.6. The van der Waals surface area contributed by atoms with Gasteiger partial charge >= 0.3 is 0 Å². The van der Waals surface area contributed by atoms with E-state index < -0.39 is 0 Å². The van der Waals surface area contributed by atoms with Crippen molar-refractivity contribution < 1.29 is 9.59 Å². The minimum Gasteiger partial charge on any atom is -0.343 e. The Morgan fingerprint density at radius 3 is 3.00 bits per heavy atom. The van der Waals surface area contributed by atoms with Crippen molar-refractivity contribution in [2.75, 3.05) is 18.4 Å². The summed E-state index contributed by atoms with van der Waals surface area (Å²) in [4.78, 5) is 27.7. The summed E-state index contributed by atoms with van der Waals surface area (Å²) in [6, 6.07) is 7.75. The lowest BCUT2D eigenvalue weighted by molar-refractivity contribution is -0.132. The van der Waals surface area contributed by atoms with Crippen LogP contribution in [-0.4, -0.2) is 35.1 Å². The van der Waals surface area contributed by atoms with Crippen molar-refractivity contribution in [3.63, 3.8) is 0 Å². The highest BCUT2D eigenvalue weighted by Crippen LogP contribution is 2.36. The van der Waals surface area contributed by atoms with Crippen LogP contribution in [0.3, 0.4) is 0 Å². The Morgan fingerprint density at radius 1 is 1.32 bits per heavy atom. The quantitative estimate of drug-likeness (QED) is 0.911. The molecular formula is C17H22N2O2S. The van der Waals surface area contributed by atoms with E-state index >= 15 is 0 Å². The molecule has 118 valence electrons. The Bertz CT molecular complexity index is 576. The van der Waals surface area contributed by atoms with Crippen molar-refractivity contribution in [1.82, 2.24) is 4.90 Å². The molecule has 0 aliphatic carbocycles. The van der Waals surface area contributed by atoms with Crippen LogP contribution in [-0.2, 0) is 9.59 Å². The zero-order chi connectivity index (χ0) is 15.5. The van der Waals surface area contributed by atoms with Gasteiger partial charge in [0.05, 0.1) is 10.9 Å². The van der Waals surface area contributed by atoms with Gasteiger partial charge < -0.3 is 10.2 Å². The van der Waals surface area contributed by atoms with Crippen molar-refractivity contribution in [3.8, 4) is 0 Å². The lowest BCUT2D eigenvalue weighted by atomic mass is 10.0. The van der Waals surface area contributed by atoms with Crippen molar-refractivity contribution >= 4 is 29.3 Å². The van der Waals surface area contributed by atoms with E-state index in [1.54, 1.807) is 0 Å². The summed E-state index contributed by atoms with van der Waals surface area (Å²) in [7, 11) is 0. The minimum absolute atomic E-state index is 0.0553. The molecular weight excluding hydrogens is 296 g/mol. The summed E-state index contributed by atoms with van der Waals surface area (Å²) >= 11 is 1.50. The average molecular weight is 318 g/mol. The number of benzene rings is 1. The molecule has 0 unspecified atom stereocenters. The number of anilines is 1. The van der Waals surface area contributed by atoms with E-state index in [4.69, 9.17) is 0 Å². The molecule has 0 spiro atoms. The highest BCUT2D eigenvalue weighted by atomic mass is 32.2. The second-order valence-corrected chi connectivity index (χ2v) is 7.46. The molecule has 0 radical (unpaired) electrons. The van der Waals surface area contributed by atoms with E-state index in [2.05, 4.69) is 12.2 Å². The van der Waals surface area contributed by atoms with Crippen LogP contribution in [0.1, 0.15) is 32.6 Å². The molecule has 22 heavy (non-hydrogen) atoms. The van der Waals surface area contributed by atoms with Gasteiger partial charge in [0.1, 0.15) is 0 Å². The van der Waals surface area contributed by atoms with Crippen LogP contribution in [0.4, 0.5) is 5.69 Å². The third kappa shape index (κ3) is 3.46. The van der Waals surface area contributed by atoms with E-state index in [1.165, 1.54) is 18.2 Å². The topological polar surface area (TPSA) is 49.4 Å². The van der Waals surface area contributed by atoms with Gasteiger partial charge in [-0.05, 0) is 37.3 Å². The highest BCUT2D eigenvalue weighted by Gasteiger charge is 2.30. The fourth-order valence-corrected chi connectivity index (χ4v) is 4.13. The summed E-state index contributed by atoms with van der Waals surface area (Å²) < 4.78 is 0. The van der Waals surface area contributed by atoms with Gasteiger partial charge in [-0.25, -0.2) is 0 Å². The van der Waals surface area contributed by atoms with Crippen molar-refractivity contribution in [2.45, 2.75) is 42.8 Å². The Balaban J connectivity index is 1.63. The van der Waals surface area contributed by atoms with Crippen LogP contribution < -0.4 is 5.32 Å². The summed E-state index contributed by atoms with van der Waals surface area (Å²) in [6.07, 6.45) is 3.62. The maximum Gasteiger partial charge on any atom is 0.238 e. The van der Waals surface area contributed by atoms with Crippen LogP contribution >= 0.6 is 11.8 Å². The Hall–Kier alpha value is -1.49. The van der Waals surface area contributed by atoms with Gasteiger partial charge in [0.15, 0.2) is 0 Å². The summed E-state index contributed by atoms with van der Waals surface area (Å²) in [5, 5.41) is 2.59. The number of rotatable bonds is 2. The van der Waals surface area contributed by atoms with Crippen molar-refractivity contribution in [1.29, 1.82) is 0 Å². The zero-order valence-corrected chi connectivity index (χ0v) is 13.7. The van der Waals surface area contributed by atoms with E-state index in [-0.39, 0.29) is 17.1 Å². The first kappa shape index (κ1) is 15.4. The number of amides is 2. The zero-order valence-electron chi connectivity index (χ0n) is 12.9. The fraction of sp³-hybridized carbons (Fsp3) is 0.529. The van der Waals surface area contributed by atoms with Gasteiger partial charge in [-0.15, -0.1) is 11.8 Å². The number of para-hydroxylation sites is 1. The molecule has 1 aromatic carbocycles. The van der Waals surface area contributed by atoms with Gasteiger partial charge in [0.25, 0.3) is 0 Å². The minimum atomic E-state index is -0.317. The summed E-state index contributed by atoms with van der Waals surface area (Å²) in [5.41, 5.74) is 0.852. The number of hydrogen-bond acceptors (Lipinski definition) is 3. The number of hydrogen-bond donors (Lipinski definition) is 1. The van der Waals surface area contributed by atoms with Crippen molar-refractivity contribution in [2.24, 2.45) is 5.92 Å². The van der Waals surface area contributed by atoms with E-state index in [1.807, 2.05) is 29.2 Å². The highest BCUT2D eigenvalue weighted by molar-refractivity contribution is 8.01. The third-order valence-electron chi connectivity index (χ3n) is 4.44. The number of likely N-dealkylation sites (tertiary alicyclic amines) is 1. The van der Waals surface area contributed by atoms with E-state index in [9.17, 15) is 9.59 Å². The lowest BCUT2D eigenvalue weighted by Gasteiger charge is -2.26. The molecule has 1 aromatic rings. The number of nitrogens with one attached hydrogen (secondary N) is 1. The number of carbonyl (C=O) groups is 2. The molecule has 2 atom stereocenters. The molecule has 2 aliphatic rings. The molecule has 2 aliphatic heterocycles. The molecule has 0 bridgehead atoms. The first-order valence-electron chi connectivity index (χ1n) is 7.98. The van der Waals surface area contributed by atoms with Crippen LogP contribution in [0, 0.1) is 5.92 Å². The molecule has 3 rings (SSSR count). The summed E-state index contributed by atoms with van der Waals surface area (Å²) in [5.74, 6) is 0.749. The fourth-order valence-electron chi connectivity index (χ4n) is 3.03. The predicted octanol–water partition coefficient (Wildman–Crippen LogP) is 3.14. The number of carbonyl (C=O) groups excluding carboxylic acids is 2. The Kier molecular flexibility index (Phi) is 4.71. The second-order valence-electron chi connectivity index (χ2n) is 6.21. The molecule has 4 nitrogen and oxygen atoms in total. The number of thioether (sulfide) groups is 1. The van der Waals surface area contributed by atoms with E-state index in [0.717, 1.165) is 36.5 Å². The van der Waals surface area contributed by atoms with Gasteiger partial charge in [0, 0.05) is 24.4 Å². The van der Waals surface area contributed by atoms with E-state index in [0.29, 0.717) is 12.3 Å². The lowest BCUT2D eigenvalue weighted by Crippen LogP contribution is -2.38. The molecule has 2 heterocycles. The smallest absolute Gasteiger partial charge is 0.238 e. The SMILES string of the molecule is C[C@H]1CCCN(C(=O)C[C@@H]2Sc3ccccc3NC2=O)CC1. The first-order valence-corrected chi connectivity index (χ1v) is 8.86. The molecule has 5 heteroatoms. The van der Waals surface area contributed by atoms with Gasteiger partial charge in [-0.1, -0.05) is 19.1 Å². The molecule has 1 fully saturated rings. The van der Waals surface area contributed by atoms with Crippen LogP contribution in [0.15, 0.2) is 29.2 Å². The largest absolute Gasteiger partial charge is 0.343 e. The average Bonchev–Trinajstić information content (AvgIpc) is 2.73. The normalized spacial score (nSPS) is 25.1. The molecule has 0 aromatic heterocycles. The third-order valence-corrected chi connectivity index (χ3v) is 5.71. The molecule has 1 N–H and O–H groups in total. The number of fused-ring (bicyclic) bond motifs is 1. The molecule has 2 amide bonds. The standard InChI is InChI=1S/C17H22N2O2S/c1-12-5-4-9-19(10-8-12)16(20)11-15-17(21)18-13-6-2-3-7-14(13)22-15/h2-3,6-7,12,15H,4-5,8-11H2,1H3,(H,18,21)/t12-,15-/m0/s1. The predicted molar refractivity (Wildman–Crippen MR) is 88.9 cm³/mol. The second kappa shape index (κ2) is 6.73. The van der Waals surface area contributed by atoms with Crippen LogP contribution in [0.2, 0.25) is 0 Å². The van der Waals surface area contributed by atoms with Crippen molar-refractivity contribution in [3.05, 3.63) is 24.3 Å².